The van der Waals surface area contributed by atoms with Gasteiger partial charge in [-0.1, -0.05) is 41.9 Å². The van der Waals surface area contributed by atoms with Gasteiger partial charge < -0.3 is 0 Å². The van der Waals surface area contributed by atoms with Crippen LogP contribution in [0.3, 0.4) is 0 Å². The van der Waals surface area contributed by atoms with E-state index in [1.807, 2.05) is 18.4 Å². The Morgan fingerprint density at radius 1 is 1.09 bits per heavy atom. The van der Waals surface area contributed by atoms with Crippen LogP contribution in [-0.4, -0.2) is 33.3 Å². The lowest BCUT2D eigenvalue weighted by Crippen LogP contribution is -2.40. The van der Waals surface area contributed by atoms with Crippen molar-refractivity contribution in [2.75, 3.05) is 17.1 Å². The summed E-state index contributed by atoms with van der Waals surface area (Å²) in [4.78, 5) is 13.4. The maximum atomic E-state index is 13.3. The van der Waals surface area contributed by atoms with Gasteiger partial charge in [0.2, 0.25) is 0 Å². The van der Waals surface area contributed by atoms with Crippen LogP contribution in [0, 0.1) is 0 Å². The molecule has 12 heteroatoms. The van der Waals surface area contributed by atoms with E-state index in [-0.39, 0.29) is 9.92 Å². The third-order valence-electron chi connectivity index (χ3n) is 4.68. The average Bonchev–Trinajstić information content (AvgIpc) is 2.83. The van der Waals surface area contributed by atoms with Gasteiger partial charge in [-0.2, -0.15) is 18.3 Å². The second kappa shape index (κ2) is 11.1. The van der Waals surface area contributed by atoms with Crippen molar-refractivity contribution in [2.24, 2.45) is 5.10 Å². The molecule has 6 nitrogen and oxygen atoms in total. The average molecular weight is 542 g/mol. The van der Waals surface area contributed by atoms with E-state index in [1.54, 1.807) is 30.0 Å². The van der Waals surface area contributed by atoms with E-state index in [0.717, 1.165) is 17.0 Å². The van der Waals surface area contributed by atoms with Crippen molar-refractivity contribution in [1.29, 1.82) is 0 Å². The molecule has 3 aromatic carbocycles. The summed E-state index contributed by atoms with van der Waals surface area (Å²) in [6.45, 7) is -0.860. The monoisotopic (exact) mass is 541 g/mol. The minimum atomic E-state index is -4.75. The number of sulfonamides is 1. The fourth-order valence-electron chi connectivity index (χ4n) is 2.93. The number of thioether (sulfide) groups is 1. The summed E-state index contributed by atoms with van der Waals surface area (Å²) >= 11 is 7.65. The highest BCUT2D eigenvalue weighted by Gasteiger charge is 2.34. The van der Waals surface area contributed by atoms with Crippen molar-refractivity contribution in [3.05, 3.63) is 88.9 Å². The van der Waals surface area contributed by atoms with Crippen LogP contribution in [0.5, 0.6) is 0 Å². The third kappa shape index (κ3) is 6.77. The molecule has 0 unspecified atom stereocenters. The molecular formula is C23H19ClF3N3O3S2. The highest BCUT2D eigenvalue weighted by atomic mass is 35.5. The second-order valence-corrected chi connectivity index (χ2v) is 10.2. The number of anilines is 1. The van der Waals surface area contributed by atoms with Crippen LogP contribution < -0.4 is 9.73 Å². The molecule has 0 bridgehead atoms. The molecule has 35 heavy (non-hydrogen) atoms. The molecule has 0 aliphatic carbocycles. The van der Waals surface area contributed by atoms with Crippen molar-refractivity contribution < 1.29 is 26.4 Å². The first-order chi connectivity index (χ1) is 16.5. The minimum Gasteiger partial charge on any atom is -0.271 e. The van der Waals surface area contributed by atoms with Gasteiger partial charge in [0.1, 0.15) is 6.54 Å². The van der Waals surface area contributed by atoms with E-state index in [9.17, 15) is 26.4 Å². The lowest BCUT2D eigenvalue weighted by Gasteiger charge is -2.25. The van der Waals surface area contributed by atoms with Crippen LogP contribution in [0.15, 0.2) is 87.7 Å². The first-order valence-corrected chi connectivity index (χ1v) is 13.0. The molecule has 0 saturated heterocycles. The van der Waals surface area contributed by atoms with Gasteiger partial charge in [0.15, 0.2) is 0 Å². The summed E-state index contributed by atoms with van der Waals surface area (Å²) < 4.78 is 67.1. The van der Waals surface area contributed by atoms with Crippen molar-refractivity contribution in [2.45, 2.75) is 16.0 Å². The lowest BCUT2D eigenvalue weighted by molar-refractivity contribution is -0.137. The predicted octanol–water partition coefficient (Wildman–Crippen LogP) is 5.43. The lowest BCUT2D eigenvalue weighted by atomic mass is 10.2. The molecule has 0 radical (unpaired) electrons. The highest BCUT2D eigenvalue weighted by molar-refractivity contribution is 7.98. The van der Waals surface area contributed by atoms with Gasteiger partial charge in [-0.05, 0) is 54.3 Å². The van der Waals surface area contributed by atoms with Crippen molar-refractivity contribution in [1.82, 2.24) is 5.43 Å². The quantitative estimate of drug-likeness (QED) is 0.234. The topological polar surface area (TPSA) is 78.8 Å². The van der Waals surface area contributed by atoms with E-state index < -0.39 is 39.9 Å². The number of carbonyl (C=O) groups excluding carboxylic acids is 1. The van der Waals surface area contributed by atoms with Crippen LogP contribution in [0.2, 0.25) is 5.02 Å². The molecule has 3 aromatic rings. The van der Waals surface area contributed by atoms with Gasteiger partial charge in [-0.3, -0.25) is 9.10 Å². The van der Waals surface area contributed by atoms with Crippen LogP contribution in [0.25, 0.3) is 0 Å². The van der Waals surface area contributed by atoms with E-state index in [0.29, 0.717) is 15.9 Å². The Morgan fingerprint density at radius 2 is 1.74 bits per heavy atom. The molecule has 0 heterocycles. The molecule has 3 rings (SSSR count). The number of benzene rings is 3. The van der Waals surface area contributed by atoms with Crippen LogP contribution in [-0.2, 0) is 21.0 Å². The summed E-state index contributed by atoms with van der Waals surface area (Å²) in [5.41, 5.74) is 1.28. The molecule has 0 saturated carbocycles. The molecule has 0 aliphatic rings. The van der Waals surface area contributed by atoms with Gasteiger partial charge in [-0.25, -0.2) is 13.8 Å². The zero-order valence-electron chi connectivity index (χ0n) is 18.2. The maximum absolute atomic E-state index is 13.3. The Hall–Kier alpha value is -3.02. The summed E-state index contributed by atoms with van der Waals surface area (Å²) in [7, 11) is -4.45. The van der Waals surface area contributed by atoms with Crippen LogP contribution in [0.4, 0.5) is 18.9 Å². The Kier molecular flexibility index (Phi) is 8.47. The SMILES string of the molecule is CSc1ccc(/C=N/NC(=O)CN(c2cc(C(F)(F)F)ccc2Cl)S(=O)(=O)c2ccccc2)cc1. The summed E-state index contributed by atoms with van der Waals surface area (Å²) in [5, 5.41) is 3.54. The van der Waals surface area contributed by atoms with Gasteiger partial charge >= 0.3 is 6.18 Å². The number of amides is 1. The molecule has 0 aromatic heterocycles. The molecule has 1 N–H and O–H groups in total. The number of rotatable bonds is 8. The molecule has 184 valence electrons. The van der Waals surface area contributed by atoms with E-state index >= 15 is 0 Å². The minimum absolute atomic E-state index is 0.223. The Bertz CT molecular complexity index is 1320. The van der Waals surface area contributed by atoms with Gasteiger partial charge in [0.25, 0.3) is 15.9 Å². The highest BCUT2D eigenvalue weighted by Crippen LogP contribution is 2.37. The molecule has 0 atom stereocenters. The van der Waals surface area contributed by atoms with Crippen LogP contribution >= 0.6 is 23.4 Å². The zero-order chi connectivity index (χ0) is 25.6. The molecule has 1 amide bonds. The van der Waals surface area contributed by atoms with Gasteiger partial charge in [-0.15, -0.1) is 11.8 Å². The zero-order valence-corrected chi connectivity index (χ0v) is 20.5. The largest absolute Gasteiger partial charge is 0.416 e. The van der Waals surface area contributed by atoms with Crippen molar-refractivity contribution in [3.8, 4) is 0 Å². The molecule has 0 aliphatic heterocycles. The summed E-state index contributed by atoms with van der Waals surface area (Å²) in [6.07, 6.45) is -1.47. The number of nitrogens with one attached hydrogen (secondary N) is 1. The fraction of sp³-hybridized carbons (Fsp3) is 0.130. The smallest absolute Gasteiger partial charge is 0.271 e. The number of hydrogen-bond acceptors (Lipinski definition) is 5. The first-order valence-electron chi connectivity index (χ1n) is 9.93. The molecule has 0 fully saturated rings. The predicted molar refractivity (Wildman–Crippen MR) is 131 cm³/mol. The van der Waals surface area contributed by atoms with Gasteiger partial charge in [0.05, 0.1) is 27.4 Å². The summed E-state index contributed by atoms with van der Waals surface area (Å²) in [5.74, 6) is -0.880. The standard InChI is InChI=1S/C23H19ClF3N3O3S2/c1-34-18-10-7-16(8-11-18)14-28-29-22(31)15-30(35(32,33)19-5-3-2-4-6-19)21-13-17(23(25,26)27)9-12-20(21)24/h2-14H,15H2,1H3,(H,29,31)/b28-14+. The number of alkyl halides is 3. The number of carbonyl (C=O) groups is 1. The number of hydrazone groups is 1. The second-order valence-electron chi connectivity index (χ2n) is 7.06. The number of halogens is 4. The van der Waals surface area contributed by atoms with Gasteiger partial charge in [0, 0.05) is 4.90 Å². The van der Waals surface area contributed by atoms with E-state index in [1.165, 1.54) is 30.5 Å². The third-order valence-corrected chi connectivity index (χ3v) is 7.52. The van der Waals surface area contributed by atoms with Crippen molar-refractivity contribution in [3.63, 3.8) is 0 Å². The maximum Gasteiger partial charge on any atom is 0.416 e. The first kappa shape index (κ1) is 26.6. The Labute approximate surface area is 209 Å². The normalized spacial score (nSPS) is 12.0. The molecule has 0 spiro atoms. The Balaban J connectivity index is 1.92. The van der Waals surface area contributed by atoms with E-state index in [2.05, 4.69) is 10.5 Å². The summed E-state index contributed by atoms with van der Waals surface area (Å²) in [6, 6.07) is 16.5. The fourth-order valence-corrected chi connectivity index (χ4v) is 5.06. The Morgan fingerprint density at radius 3 is 2.34 bits per heavy atom. The number of nitrogens with zero attached hydrogens (tertiary/aromatic N) is 2. The van der Waals surface area contributed by atoms with Crippen molar-refractivity contribution >= 4 is 51.2 Å². The van der Waals surface area contributed by atoms with E-state index in [4.69, 9.17) is 11.6 Å². The van der Waals surface area contributed by atoms with Crippen LogP contribution in [0.1, 0.15) is 11.1 Å². The molecular weight excluding hydrogens is 523 g/mol. The number of hydrogen-bond donors (Lipinski definition) is 1.